The van der Waals surface area contributed by atoms with E-state index in [4.69, 9.17) is 9.84 Å². The second-order valence-corrected chi connectivity index (χ2v) is 3.60. The molecule has 0 fully saturated rings. The van der Waals surface area contributed by atoms with Gasteiger partial charge >= 0.3 is 0 Å². The summed E-state index contributed by atoms with van der Waals surface area (Å²) in [6, 6.07) is 0. The number of aliphatic hydroxyl groups excluding tert-OH is 1. The highest BCUT2D eigenvalue weighted by molar-refractivity contribution is 4.76. The monoisotopic (exact) mass is 160 g/mol. The Hall–Kier alpha value is -0.0800. The van der Waals surface area contributed by atoms with E-state index in [1.165, 1.54) is 0 Å². The zero-order chi connectivity index (χ0) is 8.91. The summed E-state index contributed by atoms with van der Waals surface area (Å²) in [5.74, 6) is 0.457. The van der Waals surface area contributed by atoms with Gasteiger partial charge in [-0.15, -0.1) is 0 Å². The van der Waals surface area contributed by atoms with Crippen molar-refractivity contribution in [1.29, 1.82) is 0 Å². The summed E-state index contributed by atoms with van der Waals surface area (Å²) < 4.78 is 5.29. The smallest absolute Gasteiger partial charge is 0.0544 e. The Morgan fingerprint density at radius 3 is 2.27 bits per heavy atom. The van der Waals surface area contributed by atoms with E-state index < -0.39 is 0 Å². The van der Waals surface area contributed by atoms with Crippen LogP contribution in [0.2, 0.25) is 0 Å². The van der Waals surface area contributed by atoms with Gasteiger partial charge in [0.15, 0.2) is 0 Å². The average molecular weight is 160 g/mol. The van der Waals surface area contributed by atoms with Crippen molar-refractivity contribution in [2.24, 2.45) is 11.3 Å². The van der Waals surface area contributed by atoms with Crippen molar-refractivity contribution in [2.45, 2.75) is 27.7 Å². The van der Waals surface area contributed by atoms with Crippen LogP contribution in [-0.4, -0.2) is 24.9 Å². The third-order valence-electron chi connectivity index (χ3n) is 2.39. The van der Waals surface area contributed by atoms with Crippen molar-refractivity contribution in [2.75, 3.05) is 19.8 Å². The Bertz CT molecular complexity index is 102. The van der Waals surface area contributed by atoms with Crippen LogP contribution in [0.5, 0.6) is 0 Å². The summed E-state index contributed by atoms with van der Waals surface area (Å²) >= 11 is 0. The fourth-order valence-electron chi connectivity index (χ4n) is 0.730. The number of hydrogen-bond acceptors (Lipinski definition) is 2. The molecule has 0 aromatic heterocycles. The number of rotatable bonds is 5. The highest BCUT2D eigenvalue weighted by Gasteiger charge is 2.27. The Morgan fingerprint density at radius 1 is 1.45 bits per heavy atom. The molecule has 1 atom stereocenters. The topological polar surface area (TPSA) is 29.5 Å². The van der Waals surface area contributed by atoms with E-state index in [2.05, 4.69) is 13.8 Å². The molecule has 0 aromatic carbocycles. The van der Waals surface area contributed by atoms with Crippen LogP contribution in [0, 0.1) is 11.3 Å². The van der Waals surface area contributed by atoms with E-state index in [-0.39, 0.29) is 12.0 Å². The first-order chi connectivity index (χ1) is 5.06. The second kappa shape index (κ2) is 4.73. The van der Waals surface area contributed by atoms with E-state index >= 15 is 0 Å². The van der Waals surface area contributed by atoms with Crippen molar-refractivity contribution in [3.8, 4) is 0 Å². The van der Waals surface area contributed by atoms with Gasteiger partial charge in [-0.1, -0.05) is 20.8 Å². The molecule has 0 rings (SSSR count). The minimum atomic E-state index is -0.0734. The first-order valence-electron chi connectivity index (χ1n) is 4.25. The van der Waals surface area contributed by atoms with E-state index in [9.17, 15) is 0 Å². The van der Waals surface area contributed by atoms with Gasteiger partial charge in [0.25, 0.3) is 0 Å². The molecule has 0 saturated carbocycles. The van der Waals surface area contributed by atoms with Crippen LogP contribution in [-0.2, 0) is 4.74 Å². The zero-order valence-electron chi connectivity index (χ0n) is 8.05. The molecule has 2 nitrogen and oxygen atoms in total. The molecule has 11 heavy (non-hydrogen) atoms. The molecule has 1 unspecified atom stereocenters. The van der Waals surface area contributed by atoms with E-state index in [0.29, 0.717) is 12.5 Å². The van der Waals surface area contributed by atoms with Crippen molar-refractivity contribution >= 4 is 0 Å². The van der Waals surface area contributed by atoms with Gasteiger partial charge in [0.05, 0.1) is 13.2 Å². The van der Waals surface area contributed by atoms with Gasteiger partial charge in [-0.3, -0.25) is 0 Å². The SMILES string of the molecule is CCOCC(C)(CO)C(C)C. The van der Waals surface area contributed by atoms with Gasteiger partial charge in [-0.25, -0.2) is 0 Å². The third-order valence-corrected chi connectivity index (χ3v) is 2.39. The van der Waals surface area contributed by atoms with Gasteiger partial charge in [0.2, 0.25) is 0 Å². The van der Waals surface area contributed by atoms with Gasteiger partial charge < -0.3 is 9.84 Å². The minimum absolute atomic E-state index is 0.0734. The zero-order valence-corrected chi connectivity index (χ0v) is 8.05. The fourth-order valence-corrected chi connectivity index (χ4v) is 0.730. The predicted molar refractivity (Wildman–Crippen MR) is 46.5 cm³/mol. The quantitative estimate of drug-likeness (QED) is 0.663. The Morgan fingerprint density at radius 2 is 2.00 bits per heavy atom. The van der Waals surface area contributed by atoms with E-state index in [1.807, 2.05) is 13.8 Å². The first-order valence-corrected chi connectivity index (χ1v) is 4.25. The van der Waals surface area contributed by atoms with Crippen molar-refractivity contribution in [3.05, 3.63) is 0 Å². The Kier molecular flexibility index (Phi) is 4.69. The third kappa shape index (κ3) is 3.21. The normalized spacial score (nSPS) is 16.9. The Balaban J connectivity index is 3.88. The molecule has 0 saturated heterocycles. The molecule has 0 aromatic rings. The second-order valence-electron chi connectivity index (χ2n) is 3.60. The molecule has 0 radical (unpaired) electrons. The fraction of sp³-hybridized carbons (Fsp3) is 1.00. The lowest BCUT2D eigenvalue weighted by atomic mass is 9.81. The molecule has 1 N–H and O–H groups in total. The highest BCUT2D eigenvalue weighted by atomic mass is 16.5. The number of aliphatic hydroxyl groups is 1. The molecule has 68 valence electrons. The van der Waals surface area contributed by atoms with Gasteiger partial charge in [-0.2, -0.15) is 0 Å². The van der Waals surface area contributed by atoms with Crippen LogP contribution in [0.15, 0.2) is 0 Å². The van der Waals surface area contributed by atoms with E-state index in [1.54, 1.807) is 0 Å². The number of hydrogen-bond donors (Lipinski definition) is 1. The molecule has 0 amide bonds. The number of ether oxygens (including phenoxy) is 1. The van der Waals surface area contributed by atoms with Gasteiger partial charge in [0, 0.05) is 12.0 Å². The molecular formula is C9H20O2. The van der Waals surface area contributed by atoms with Crippen molar-refractivity contribution in [1.82, 2.24) is 0 Å². The summed E-state index contributed by atoms with van der Waals surface area (Å²) in [7, 11) is 0. The van der Waals surface area contributed by atoms with Crippen LogP contribution in [0.4, 0.5) is 0 Å². The summed E-state index contributed by atoms with van der Waals surface area (Å²) in [6.07, 6.45) is 0. The van der Waals surface area contributed by atoms with Crippen LogP contribution in [0.25, 0.3) is 0 Å². The van der Waals surface area contributed by atoms with Crippen molar-refractivity contribution in [3.63, 3.8) is 0 Å². The maximum Gasteiger partial charge on any atom is 0.0544 e. The lowest BCUT2D eigenvalue weighted by Crippen LogP contribution is -2.33. The minimum Gasteiger partial charge on any atom is -0.396 e. The first kappa shape index (κ1) is 10.9. The van der Waals surface area contributed by atoms with Crippen LogP contribution < -0.4 is 0 Å². The van der Waals surface area contributed by atoms with Crippen LogP contribution in [0.1, 0.15) is 27.7 Å². The van der Waals surface area contributed by atoms with Crippen LogP contribution in [0.3, 0.4) is 0 Å². The Labute approximate surface area is 69.6 Å². The largest absolute Gasteiger partial charge is 0.396 e. The highest BCUT2D eigenvalue weighted by Crippen LogP contribution is 2.26. The molecule has 0 aliphatic rings. The van der Waals surface area contributed by atoms with Gasteiger partial charge in [-0.05, 0) is 12.8 Å². The summed E-state index contributed by atoms with van der Waals surface area (Å²) in [4.78, 5) is 0. The lowest BCUT2D eigenvalue weighted by molar-refractivity contribution is -0.00605. The van der Waals surface area contributed by atoms with Crippen molar-refractivity contribution < 1.29 is 9.84 Å². The maximum absolute atomic E-state index is 9.10. The molecule has 0 bridgehead atoms. The summed E-state index contributed by atoms with van der Waals surface area (Å²) in [5.41, 5.74) is -0.0734. The molecule has 0 spiro atoms. The standard InChI is InChI=1S/C9H20O2/c1-5-11-7-9(4,6-10)8(2)3/h8,10H,5-7H2,1-4H3. The summed E-state index contributed by atoms with van der Waals surface area (Å²) in [5, 5.41) is 9.10. The molecule has 0 aliphatic carbocycles. The molecular weight excluding hydrogens is 140 g/mol. The van der Waals surface area contributed by atoms with Gasteiger partial charge in [0.1, 0.15) is 0 Å². The summed E-state index contributed by atoms with van der Waals surface area (Å²) in [6.45, 7) is 9.81. The lowest BCUT2D eigenvalue weighted by Gasteiger charge is -2.30. The molecule has 2 heteroatoms. The molecule has 0 heterocycles. The maximum atomic E-state index is 9.10. The molecule has 0 aliphatic heterocycles. The van der Waals surface area contributed by atoms with Crippen LogP contribution >= 0.6 is 0 Å². The van der Waals surface area contributed by atoms with E-state index in [0.717, 1.165) is 6.61 Å². The average Bonchev–Trinajstić information content (AvgIpc) is 2.00. The predicted octanol–water partition coefficient (Wildman–Crippen LogP) is 1.68.